The second-order valence-corrected chi connectivity index (χ2v) is 6.26. The Morgan fingerprint density at radius 1 is 1.14 bits per heavy atom. The quantitative estimate of drug-likeness (QED) is 0.722. The number of methoxy groups -OCH3 is 2. The molecule has 21 heavy (non-hydrogen) atoms. The summed E-state index contributed by atoms with van der Waals surface area (Å²) < 4.78 is 37.7. The highest BCUT2D eigenvalue weighted by Gasteiger charge is 2.20. The first kappa shape index (κ1) is 17.7. The molecule has 2 N–H and O–H groups in total. The number of ether oxygens (including phenoxy) is 2. The summed E-state index contributed by atoms with van der Waals surface area (Å²) in [7, 11) is -0.512. The molecule has 1 rings (SSSR count). The fourth-order valence-corrected chi connectivity index (χ4v) is 3.08. The lowest BCUT2D eigenvalue weighted by Crippen LogP contribution is -2.25. The van der Waals surface area contributed by atoms with Gasteiger partial charge in [-0.15, -0.1) is 0 Å². The number of hydrogen-bond donors (Lipinski definition) is 2. The van der Waals surface area contributed by atoms with E-state index in [0.717, 1.165) is 18.5 Å². The van der Waals surface area contributed by atoms with Crippen LogP contribution in [0.4, 0.5) is 0 Å². The smallest absolute Gasteiger partial charge is 0.240 e. The molecule has 0 bridgehead atoms. The van der Waals surface area contributed by atoms with Gasteiger partial charge in [-0.05, 0) is 19.0 Å². The maximum Gasteiger partial charge on any atom is 0.240 e. The van der Waals surface area contributed by atoms with Gasteiger partial charge in [0.05, 0.1) is 19.1 Å². The van der Waals surface area contributed by atoms with Crippen LogP contribution in [0, 0.1) is 0 Å². The molecule has 7 heteroatoms. The van der Waals surface area contributed by atoms with E-state index in [2.05, 4.69) is 10.0 Å². The molecule has 0 spiro atoms. The molecule has 0 aromatic heterocycles. The van der Waals surface area contributed by atoms with Gasteiger partial charge in [-0.25, -0.2) is 13.1 Å². The zero-order valence-corrected chi connectivity index (χ0v) is 13.8. The summed E-state index contributed by atoms with van der Waals surface area (Å²) in [6, 6.07) is 3.09. The predicted molar refractivity (Wildman–Crippen MR) is 82.4 cm³/mol. The van der Waals surface area contributed by atoms with E-state index in [-0.39, 0.29) is 4.90 Å². The lowest BCUT2D eigenvalue weighted by molar-refractivity contribution is 0.349. The van der Waals surface area contributed by atoms with Crippen molar-refractivity contribution in [3.63, 3.8) is 0 Å². The van der Waals surface area contributed by atoms with E-state index in [0.29, 0.717) is 24.6 Å². The van der Waals surface area contributed by atoms with Gasteiger partial charge in [0.15, 0.2) is 11.5 Å². The zero-order chi connectivity index (χ0) is 15.9. The topological polar surface area (TPSA) is 76.7 Å². The molecule has 0 saturated heterocycles. The Labute approximate surface area is 126 Å². The van der Waals surface area contributed by atoms with E-state index in [9.17, 15) is 8.42 Å². The van der Waals surface area contributed by atoms with Crippen molar-refractivity contribution in [2.45, 2.75) is 31.7 Å². The van der Waals surface area contributed by atoms with Crippen molar-refractivity contribution >= 4 is 10.0 Å². The minimum absolute atomic E-state index is 0.182. The van der Waals surface area contributed by atoms with E-state index in [1.54, 1.807) is 6.07 Å². The maximum absolute atomic E-state index is 12.3. The van der Waals surface area contributed by atoms with Crippen molar-refractivity contribution in [3.8, 4) is 11.5 Å². The highest BCUT2D eigenvalue weighted by atomic mass is 32.2. The zero-order valence-electron chi connectivity index (χ0n) is 13.0. The van der Waals surface area contributed by atoms with E-state index in [1.807, 2.05) is 13.8 Å². The van der Waals surface area contributed by atoms with Crippen molar-refractivity contribution in [1.29, 1.82) is 0 Å². The number of rotatable bonds is 9. The fourth-order valence-electron chi connectivity index (χ4n) is 1.88. The number of sulfonamides is 1. The molecule has 6 nitrogen and oxygen atoms in total. The number of hydrogen-bond acceptors (Lipinski definition) is 5. The van der Waals surface area contributed by atoms with Crippen molar-refractivity contribution < 1.29 is 17.9 Å². The van der Waals surface area contributed by atoms with Crippen LogP contribution in [0.3, 0.4) is 0 Å². The summed E-state index contributed by atoms with van der Waals surface area (Å²) in [5.41, 5.74) is 0.746. The van der Waals surface area contributed by atoms with Crippen molar-refractivity contribution in [1.82, 2.24) is 10.0 Å². The third kappa shape index (κ3) is 4.59. The molecule has 0 radical (unpaired) electrons. The number of nitrogens with one attached hydrogen (secondary N) is 2. The summed E-state index contributed by atoms with van der Waals surface area (Å²) in [5, 5.41) is 3.16. The minimum atomic E-state index is -3.54. The van der Waals surface area contributed by atoms with Crippen LogP contribution < -0.4 is 19.5 Å². The lowest BCUT2D eigenvalue weighted by atomic mass is 10.2. The predicted octanol–water partition coefficient (Wildman–Crippen LogP) is 1.50. The minimum Gasteiger partial charge on any atom is -0.493 e. The Balaban J connectivity index is 3.27. The Hall–Kier alpha value is -1.31. The van der Waals surface area contributed by atoms with Crippen LogP contribution in [-0.4, -0.2) is 35.7 Å². The summed E-state index contributed by atoms with van der Waals surface area (Å²) in [4.78, 5) is 0.182. The van der Waals surface area contributed by atoms with Crippen LogP contribution in [0.5, 0.6) is 11.5 Å². The molecular formula is C14H24N2O4S. The molecule has 0 saturated carbocycles. The second-order valence-electron chi connectivity index (χ2n) is 4.50. The molecule has 0 unspecified atom stereocenters. The van der Waals surface area contributed by atoms with Gasteiger partial charge in [0.25, 0.3) is 0 Å². The van der Waals surface area contributed by atoms with Gasteiger partial charge in [0.1, 0.15) is 0 Å². The monoisotopic (exact) mass is 316 g/mol. The van der Waals surface area contributed by atoms with E-state index >= 15 is 0 Å². The molecule has 0 aliphatic carbocycles. The molecule has 0 fully saturated rings. The third-order valence-electron chi connectivity index (χ3n) is 2.95. The summed E-state index contributed by atoms with van der Waals surface area (Å²) in [5.74, 6) is 0.956. The molecular weight excluding hydrogens is 292 g/mol. The largest absolute Gasteiger partial charge is 0.493 e. The molecule has 1 aromatic carbocycles. The fraction of sp³-hybridized carbons (Fsp3) is 0.571. The third-order valence-corrected chi connectivity index (χ3v) is 4.39. The molecule has 120 valence electrons. The average Bonchev–Trinajstić information content (AvgIpc) is 2.49. The number of benzene rings is 1. The molecule has 0 atom stereocenters. The van der Waals surface area contributed by atoms with Gasteiger partial charge in [-0.3, -0.25) is 0 Å². The Morgan fingerprint density at radius 2 is 1.86 bits per heavy atom. The van der Waals surface area contributed by atoms with Gasteiger partial charge >= 0.3 is 0 Å². The average molecular weight is 316 g/mol. The Morgan fingerprint density at radius 3 is 2.38 bits per heavy atom. The molecule has 0 aliphatic heterocycles. The second kappa shape index (κ2) is 8.21. The standard InChI is InChI=1S/C14H24N2O4S/c1-5-7-16-21(17,18)12-8-11(10-15-6-2)14(20-4)13(9-12)19-3/h8-9,15-16H,5-7,10H2,1-4H3. The van der Waals surface area contributed by atoms with E-state index in [4.69, 9.17) is 9.47 Å². The first-order chi connectivity index (χ1) is 10.00. The van der Waals surface area contributed by atoms with Crippen LogP contribution in [0.2, 0.25) is 0 Å². The highest BCUT2D eigenvalue weighted by molar-refractivity contribution is 7.89. The van der Waals surface area contributed by atoms with Gasteiger partial charge in [-0.1, -0.05) is 13.8 Å². The molecule has 0 amide bonds. The van der Waals surface area contributed by atoms with Crippen LogP contribution >= 0.6 is 0 Å². The van der Waals surface area contributed by atoms with Crippen LogP contribution in [0.1, 0.15) is 25.8 Å². The lowest BCUT2D eigenvalue weighted by Gasteiger charge is -2.15. The van der Waals surface area contributed by atoms with Crippen molar-refractivity contribution in [2.75, 3.05) is 27.3 Å². The van der Waals surface area contributed by atoms with Gasteiger partial charge in [0, 0.05) is 24.7 Å². The molecule has 0 aliphatic rings. The summed E-state index contributed by atoms with van der Waals surface area (Å²) in [6.07, 6.45) is 0.733. The normalized spacial score (nSPS) is 11.4. The van der Waals surface area contributed by atoms with Gasteiger partial charge in [-0.2, -0.15) is 0 Å². The molecule has 0 heterocycles. The molecule has 1 aromatic rings. The van der Waals surface area contributed by atoms with Crippen molar-refractivity contribution in [3.05, 3.63) is 17.7 Å². The maximum atomic E-state index is 12.3. The van der Waals surface area contributed by atoms with Crippen molar-refractivity contribution in [2.24, 2.45) is 0 Å². The Kier molecular flexibility index (Phi) is 6.94. The highest BCUT2D eigenvalue weighted by Crippen LogP contribution is 2.34. The SMILES string of the molecule is CCCNS(=O)(=O)c1cc(CNCC)c(OC)c(OC)c1. The van der Waals surface area contributed by atoms with Gasteiger partial charge in [0.2, 0.25) is 10.0 Å². The Bertz CT molecular complexity index is 558. The summed E-state index contributed by atoms with van der Waals surface area (Å²) >= 11 is 0. The summed E-state index contributed by atoms with van der Waals surface area (Å²) in [6.45, 7) is 5.57. The van der Waals surface area contributed by atoms with Crippen LogP contribution in [0.15, 0.2) is 17.0 Å². The van der Waals surface area contributed by atoms with Crippen LogP contribution in [0.25, 0.3) is 0 Å². The first-order valence-electron chi connectivity index (χ1n) is 6.95. The first-order valence-corrected chi connectivity index (χ1v) is 8.43. The van der Waals surface area contributed by atoms with Crippen LogP contribution in [-0.2, 0) is 16.6 Å². The van der Waals surface area contributed by atoms with E-state index in [1.165, 1.54) is 20.3 Å². The van der Waals surface area contributed by atoms with E-state index < -0.39 is 10.0 Å². The van der Waals surface area contributed by atoms with Gasteiger partial charge < -0.3 is 14.8 Å².